The van der Waals surface area contributed by atoms with Crippen molar-refractivity contribution in [1.29, 1.82) is 0 Å². The zero-order valence-electron chi connectivity index (χ0n) is 7.63. The van der Waals surface area contributed by atoms with E-state index in [-0.39, 0.29) is 12.5 Å². The maximum atomic E-state index is 11.0. The van der Waals surface area contributed by atoms with Gasteiger partial charge in [-0.1, -0.05) is 0 Å². The third-order valence-corrected chi connectivity index (χ3v) is 1.36. The van der Waals surface area contributed by atoms with Crippen molar-refractivity contribution in [2.24, 2.45) is 0 Å². The van der Waals surface area contributed by atoms with Gasteiger partial charge in [-0.25, -0.2) is 4.98 Å². The number of amides is 1. The third kappa shape index (κ3) is 3.21. The van der Waals surface area contributed by atoms with Crippen LogP contribution in [0.3, 0.4) is 0 Å². The SMILES string of the molecule is COCC(=O)Nc1cc[c]c(C)n1. The minimum atomic E-state index is -0.208. The molecule has 69 valence electrons. The summed E-state index contributed by atoms with van der Waals surface area (Å²) in [4.78, 5) is 15.1. The topological polar surface area (TPSA) is 51.2 Å². The average Bonchev–Trinajstić information content (AvgIpc) is 2.04. The molecule has 13 heavy (non-hydrogen) atoms. The van der Waals surface area contributed by atoms with Crippen LogP contribution >= 0.6 is 0 Å². The Labute approximate surface area is 76.9 Å². The molecule has 4 nitrogen and oxygen atoms in total. The van der Waals surface area contributed by atoms with Crippen LogP contribution in [0, 0.1) is 13.0 Å². The first-order valence-corrected chi connectivity index (χ1v) is 3.86. The molecule has 0 spiro atoms. The number of anilines is 1. The highest BCUT2D eigenvalue weighted by atomic mass is 16.5. The first-order valence-electron chi connectivity index (χ1n) is 3.86. The molecule has 0 saturated heterocycles. The molecule has 1 rings (SSSR count). The molecular weight excluding hydrogens is 168 g/mol. The van der Waals surface area contributed by atoms with Crippen LogP contribution in [0.15, 0.2) is 12.1 Å². The average molecular weight is 179 g/mol. The molecule has 1 aromatic heterocycles. The Morgan fingerprint density at radius 1 is 1.77 bits per heavy atom. The highest BCUT2D eigenvalue weighted by molar-refractivity contribution is 5.90. The number of ether oxygens (including phenoxy) is 1. The van der Waals surface area contributed by atoms with Crippen molar-refractivity contribution in [2.75, 3.05) is 19.0 Å². The smallest absolute Gasteiger partial charge is 0.251 e. The fraction of sp³-hybridized carbons (Fsp3) is 0.333. The first kappa shape index (κ1) is 9.67. The van der Waals surface area contributed by atoms with E-state index in [1.165, 1.54) is 7.11 Å². The number of methoxy groups -OCH3 is 1. The Bertz CT molecular complexity index is 299. The van der Waals surface area contributed by atoms with Crippen LogP contribution in [0.5, 0.6) is 0 Å². The summed E-state index contributed by atoms with van der Waals surface area (Å²) >= 11 is 0. The van der Waals surface area contributed by atoms with Crippen LogP contribution in [-0.4, -0.2) is 24.6 Å². The van der Waals surface area contributed by atoms with E-state index in [0.717, 1.165) is 5.69 Å². The molecule has 1 N–H and O–H groups in total. The Morgan fingerprint density at radius 3 is 3.15 bits per heavy atom. The number of hydrogen-bond donors (Lipinski definition) is 1. The van der Waals surface area contributed by atoms with Crippen molar-refractivity contribution in [2.45, 2.75) is 6.92 Å². The number of carbonyl (C=O) groups is 1. The monoisotopic (exact) mass is 179 g/mol. The number of rotatable bonds is 3. The van der Waals surface area contributed by atoms with Gasteiger partial charge in [-0.15, -0.1) is 0 Å². The van der Waals surface area contributed by atoms with Gasteiger partial charge >= 0.3 is 0 Å². The van der Waals surface area contributed by atoms with E-state index >= 15 is 0 Å². The maximum absolute atomic E-state index is 11.0. The van der Waals surface area contributed by atoms with Gasteiger partial charge in [0.15, 0.2) is 0 Å². The molecule has 0 bridgehead atoms. The summed E-state index contributed by atoms with van der Waals surface area (Å²) in [5, 5.41) is 2.59. The maximum Gasteiger partial charge on any atom is 0.251 e. The summed E-state index contributed by atoms with van der Waals surface area (Å²) in [6.45, 7) is 1.85. The van der Waals surface area contributed by atoms with E-state index in [9.17, 15) is 4.79 Å². The van der Waals surface area contributed by atoms with Crippen LogP contribution < -0.4 is 5.32 Å². The lowest BCUT2D eigenvalue weighted by atomic mass is 10.4. The van der Waals surface area contributed by atoms with Crippen molar-refractivity contribution >= 4 is 11.7 Å². The van der Waals surface area contributed by atoms with Crippen LogP contribution in [0.2, 0.25) is 0 Å². The predicted molar refractivity (Wildman–Crippen MR) is 48.3 cm³/mol. The molecule has 0 atom stereocenters. The van der Waals surface area contributed by atoms with Crippen LogP contribution in [0.4, 0.5) is 5.82 Å². The normalized spacial score (nSPS) is 9.69. The molecule has 4 heteroatoms. The summed E-state index contributed by atoms with van der Waals surface area (Å²) in [6.07, 6.45) is 0. The molecule has 0 aliphatic carbocycles. The van der Waals surface area contributed by atoms with E-state index in [1.54, 1.807) is 12.1 Å². The van der Waals surface area contributed by atoms with E-state index in [1.807, 2.05) is 6.92 Å². The molecule has 0 aromatic carbocycles. The molecular formula is C9H11N2O2. The second-order valence-corrected chi connectivity index (χ2v) is 2.54. The molecule has 0 unspecified atom stereocenters. The van der Waals surface area contributed by atoms with Crippen molar-refractivity contribution in [3.05, 3.63) is 23.9 Å². The fourth-order valence-electron chi connectivity index (χ4n) is 0.871. The largest absolute Gasteiger partial charge is 0.375 e. The van der Waals surface area contributed by atoms with E-state index in [4.69, 9.17) is 0 Å². The quantitative estimate of drug-likeness (QED) is 0.745. The molecule has 1 radical (unpaired) electrons. The van der Waals surface area contributed by atoms with Gasteiger partial charge in [-0.2, -0.15) is 0 Å². The Morgan fingerprint density at radius 2 is 2.54 bits per heavy atom. The van der Waals surface area contributed by atoms with Gasteiger partial charge < -0.3 is 10.1 Å². The Hall–Kier alpha value is -1.42. The number of pyridine rings is 1. The summed E-state index contributed by atoms with van der Waals surface area (Å²) in [5.41, 5.74) is 0.746. The van der Waals surface area contributed by atoms with Crippen molar-refractivity contribution in [3.63, 3.8) is 0 Å². The lowest BCUT2D eigenvalue weighted by Crippen LogP contribution is -2.17. The second-order valence-electron chi connectivity index (χ2n) is 2.54. The van der Waals surface area contributed by atoms with Crippen LogP contribution in [0.1, 0.15) is 5.69 Å². The Kier molecular flexibility index (Phi) is 3.40. The predicted octanol–water partition coefficient (Wildman–Crippen LogP) is 0.775. The van der Waals surface area contributed by atoms with Crippen molar-refractivity contribution in [1.82, 2.24) is 4.98 Å². The number of aryl methyl sites for hydroxylation is 1. The first-order chi connectivity index (χ1) is 6.22. The van der Waals surface area contributed by atoms with Gasteiger partial charge in [0.1, 0.15) is 12.4 Å². The molecule has 0 fully saturated rings. The van der Waals surface area contributed by atoms with Crippen LogP contribution in [-0.2, 0) is 9.53 Å². The number of aromatic nitrogens is 1. The number of nitrogens with one attached hydrogen (secondary N) is 1. The van der Waals surface area contributed by atoms with Gasteiger partial charge in [-0.05, 0) is 19.1 Å². The summed E-state index contributed by atoms with van der Waals surface area (Å²) in [5.74, 6) is 0.318. The zero-order valence-corrected chi connectivity index (χ0v) is 7.63. The summed E-state index contributed by atoms with van der Waals surface area (Å²) in [7, 11) is 1.47. The summed E-state index contributed by atoms with van der Waals surface area (Å²) < 4.78 is 4.66. The standard InChI is InChI=1S/C9H11N2O2/c1-7-4-3-5-8(10-7)11-9(12)6-13-2/h3,5H,6H2,1-2H3,(H,10,11,12). The molecule has 1 amide bonds. The van der Waals surface area contributed by atoms with Crippen molar-refractivity contribution < 1.29 is 9.53 Å². The van der Waals surface area contributed by atoms with Gasteiger partial charge in [0.2, 0.25) is 0 Å². The van der Waals surface area contributed by atoms with Gasteiger partial charge in [0.25, 0.3) is 5.91 Å². The van der Waals surface area contributed by atoms with Crippen LogP contribution in [0.25, 0.3) is 0 Å². The van der Waals surface area contributed by atoms with E-state index in [0.29, 0.717) is 5.82 Å². The lowest BCUT2D eigenvalue weighted by Gasteiger charge is -2.03. The molecule has 1 aromatic rings. The van der Waals surface area contributed by atoms with Gasteiger partial charge in [0.05, 0.1) is 0 Å². The van der Waals surface area contributed by atoms with E-state index in [2.05, 4.69) is 21.1 Å². The van der Waals surface area contributed by atoms with Crippen molar-refractivity contribution in [3.8, 4) is 0 Å². The number of nitrogens with zero attached hydrogens (tertiary/aromatic N) is 1. The van der Waals surface area contributed by atoms with Gasteiger partial charge in [0, 0.05) is 18.9 Å². The minimum absolute atomic E-state index is 0.0410. The zero-order chi connectivity index (χ0) is 9.68. The minimum Gasteiger partial charge on any atom is -0.375 e. The second kappa shape index (κ2) is 4.57. The summed E-state index contributed by atoms with van der Waals surface area (Å²) in [6, 6.07) is 6.28. The lowest BCUT2D eigenvalue weighted by molar-refractivity contribution is -0.119. The van der Waals surface area contributed by atoms with E-state index < -0.39 is 0 Å². The fourth-order valence-corrected chi connectivity index (χ4v) is 0.871. The molecule has 0 aliphatic heterocycles. The van der Waals surface area contributed by atoms with Gasteiger partial charge in [-0.3, -0.25) is 4.79 Å². The highest BCUT2D eigenvalue weighted by Crippen LogP contribution is 2.02. The third-order valence-electron chi connectivity index (χ3n) is 1.36. The molecule has 0 aliphatic rings. The number of carbonyl (C=O) groups excluding carboxylic acids is 1. The Balaban J connectivity index is 2.58. The molecule has 1 heterocycles. The molecule has 0 saturated carbocycles. The highest BCUT2D eigenvalue weighted by Gasteiger charge is 2.01. The number of hydrogen-bond acceptors (Lipinski definition) is 3.